The third-order valence-electron chi connectivity index (χ3n) is 5.10. The number of hydrogen-bond donors (Lipinski definition) is 1. The van der Waals surface area contributed by atoms with E-state index in [0.717, 1.165) is 35.7 Å². The highest BCUT2D eigenvalue weighted by Gasteiger charge is 2.26. The summed E-state index contributed by atoms with van der Waals surface area (Å²) in [5.74, 6) is 1.48. The molecule has 148 valence electrons. The first-order valence-electron chi connectivity index (χ1n) is 9.69. The largest absolute Gasteiger partial charge is 0.496 e. The Morgan fingerprint density at radius 2 is 1.68 bits per heavy atom. The third-order valence-corrected chi connectivity index (χ3v) is 5.10. The second-order valence-electron chi connectivity index (χ2n) is 6.82. The Kier molecular flexibility index (Phi) is 7.09. The molecule has 0 aromatic heterocycles. The molecule has 1 unspecified atom stereocenters. The Labute approximate surface area is 167 Å². The molecule has 0 saturated carbocycles. The van der Waals surface area contributed by atoms with Crippen LogP contribution in [-0.2, 0) is 4.79 Å². The van der Waals surface area contributed by atoms with E-state index in [1.807, 2.05) is 42.5 Å². The van der Waals surface area contributed by atoms with E-state index in [2.05, 4.69) is 16.3 Å². The lowest BCUT2D eigenvalue weighted by atomic mass is 10.0. The van der Waals surface area contributed by atoms with Crippen LogP contribution in [0.5, 0.6) is 11.5 Å². The van der Waals surface area contributed by atoms with Gasteiger partial charge in [0.25, 0.3) is 0 Å². The highest BCUT2D eigenvalue weighted by Crippen LogP contribution is 2.31. The van der Waals surface area contributed by atoms with Gasteiger partial charge in [-0.2, -0.15) is 0 Å². The third kappa shape index (κ3) is 4.93. The molecule has 0 bridgehead atoms. The first-order chi connectivity index (χ1) is 13.7. The summed E-state index contributed by atoms with van der Waals surface area (Å²) in [6, 6.07) is 15.8. The van der Waals surface area contributed by atoms with Crippen LogP contribution in [0.15, 0.2) is 54.6 Å². The van der Waals surface area contributed by atoms with Crippen LogP contribution in [0.3, 0.4) is 0 Å². The van der Waals surface area contributed by atoms with Crippen molar-refractivity contribution in [2.24, 2.45) is 0 Å². The standard InChI is InChI=1S/C23H28N2O3/c1-27-21-11-5-3-9-18(21)13-14-23(26)24-17-20(25-15-7-8-16-25)19-10-4-6-12-22(19)28-2/h3-6,9-14,20H,7-8,15-17H2,1-2H3,(H,24,26)/b14-13+. The zero-order chi connectivity index (χ0) is 19.8. The van der Waals surface area contributed by atoms with Crippen molar-refractivity contribution in [1.29, 1.82) is 0 Å². The van der Waals surface area contributed by atoms with E-state index in [0.29, 0.717) is 6.54 Å². The molecule has 3 rings (SSSR count). The summed E-state index contributed by atoms with van der Waals surface area (Å²) < 4.78 is 10.9. The number of amides is 1. The molecule has 5 nitrogen and oxygen atoms in total. The molecule has 5 heteroatoms. The van der Waals surface area contributed by atoms with Crippen LogP contribution in [0.2, 0.25) is 0 Å². The summed E-state index contributed by atoms with van der Waals surface area (Å²) in [6.45, 7) is 2.61. The molecule has 0 aliphatic carbocycles. The summed E-state index contributed by atoms with van der Waals surface area (Å²) in [7, 11) is 3.31. The molecule has 0 radical (unpaired) electrons. The van der Waals surface area contributed by atoms with Crippen molar-refractivity contribution >= 4 is 12.0 Å². The maximum Gasteiger partial charge on any atom is 0.244 e. The minimum Gasteiger partial charge on any atom is -0.496 e. The van der Waals surface area contributed by atoms with Crippen molar-refractivity contribution < 1.29 is 14.3 Å². The number of para-hydroxylation sites is 2. The first kappa shape index (κ1) is 20.0. The van der Waals surface area contributed by atoms with E-state index in [-0.39, 0.29) is 11.9 Å². The molecule has 2 aromatic rings. The molecule has 1 atom stereocenters. The number of carbonyl (C=O) groups is 1. The minimum absolute atomic E-state index is 0.0993. The summed E-state index contributed by atoms with van der Waals surface area (Å²) in [6.07, 6.45) is 5.71. The average molecular weight is 380 g/mol. The number of likely N-dealkylation sites (tertiary alicyclic amines) is 1. The maximum atomic E-state index is 12.4. The fourth-order valence-corrected chi connectivity index (χ4v) is 3.66. The number of nitrogens with zero attached hydrogens (tertiary/aromatic N) is 1. The minimum atomic E-state index is -0.120. The number of carbonyl (C=O) groups excluding carboxylic acids is 1. The van der Waals surface area contributed by atoms with E-state index in [9.17, 15) is 4.79 Å². The van der Waals surface area contributed by atoms with Gasteiger partial charge in [-0.05, 0) is 44.1 Å². The van der Waals surface area contributed by atoms with Gasteiger partial charge in [0.05, 0.1) is 20.3 Å². The molecule has 1 aliphatic heterocycles. The Balaban J connectivity index is 1.69. The van der Waals surface area contributed by atoms with E-state index in [4.69, 9.17) is 9.47 Å². The SMILES string of the molecule is COc1ccccc1/C=C/C(=O)NCC(c1ccccc1OC)N1CCCC1. The van der Waals surface area contributed by atoms with Crippen molar-refractivity contribution in [3.63, 3.8) is 0 Å². The van der Waals surface area contributed by atoms with E-state index in [1.54, 1.807) is 26.4 Å². The summed E-state index contributed by atoms with van der Waals surface area (Å²) in [4.78, 5) is 14.9. The van der Waals surface area contributed by atoms with Crippen LogP contribution >= 0.6 is 0 Å². The first-order valence-corrected chi connectivity index (χ1v) is 9.69. The van der Waals surface area contributed by atoms with Gasteiger partial charge < -0.3 is 14.8 Å². The summed E-state index contributed by atoms with van der Waals surface area (Å²) >= 11 is 0. The fourth-order valence-electron chi connectivity index (χ4n) is 3.66. The van der Waals surface area contributed by atoms with Gasteiger partial charge in [0.2, 0.25) is 5.91 Å². The number of rotatable bonds is 8. The molecular formula is C23H28N2O3. The van der Waals surface area contributed by atoms with E-state index in [1.165, 1.54) is 12.8 Å². The number of hydrogen-bond acceptors (Lipinski definition) is 4. The van der Waals surface area contributed by atoms with Crippen LogP contribution < -0.4 is 14.8 Å². The second-order valence-corrected chi connectivity index (χ2v) is 6.82. The molecule has 1 amide bonds. The Morgan fingerprint density at radius 1 is 1.04 bits per heavy atom. The van der Waals surface area contributed by atoms with Crippen LogP contribution in [0, 0.1) is 0 Å². The predicted octanol–water partition coefficient (Wildman–Crippen LogP) is 3.67. The van der Waals surface area contributed by atoms with Gasteiger partial charge in [0.1, 0.15) is 11.5 Å². The molecule has 2 aromatic carbocycles. The van der Waals surface area contributed by atoms with Gasteiger partial charge in [-0.15, -0.1) is 0 Å². The Morgan fingerprint density at radius 3 is 2.39 bits per heavy atom. The van der Waals surface area contributed by atoms with Crippen molar-refractivity contribution in [3.05, 3.63) is 65.7 Å². The topological polar surface area (TPSA) is 50.8 Å². The second kappa shape index (κ2) is 9.95. The zero-order valence-corrected chi connectivity index (χ0v) is 16.6. The van der Waals surface area contributed by atoms with Gasteiger partial charge in [-0.3, -0.25) is 9.69 Å². The number of nitrogens with one attached hydrogen (secondary N) is 1. The molecule has 1 heterocycles. The number of methoxy groups -OCH3 is 2. The molecular weight excluding hydrogens is 352 g/mol. The van der Waals surface area contributed by atoms with E-state index >= 15 is 0 Å². The maximum absolute atomic E-state index is 12.4. The monoisotopic (exact) mass is 380 g/mol. The molecule has 0 spiro atoms. The number of ether oxygens (including phenoxy) is 2. The van der Waals surface area contributed by atoms with Gasteiger partial charge in [-0.1, -0.05) is 36.4 Å². The summed E-state index contributed by atoms with van der Waals surface area (Å²) in [5.41, 5.74) is 1.99. The van der Waals surface area contributed by atoms with Crippen molar-refractivity contribution in [2.75, 3.05) is 33.9 Å². The summed E-state index contributed by atoms with van der Waals surface area (Å²) in [5, 5.41) is 3.05. The lowest BCUT2D eigenvalue weighted by Gasteiger charge is -2.29. The smallest absolute Gasteiger partial charge is 0.244 e. The normalized spacial score (nSPS) is 15.5. The fraction of sp³-hybridized carbons (Fsp3) is 0.348. The van der Waals surface area contributed by atoms with Gasteiger partial charge in [0.15, 0.2) is 0 Å². The van der Waals surface area contributed by atoms with Crippen LogP contribution in [0.25, 0.3) is 6.08 Å². The molecule has 1 aliphatic rings. The Hall–Kier alpha value is -2.79. The van der Waals surface area contributed by atoms with Crippen LogP contribution in [0.1, 0.15) is 30.0 Å². The average Bonchev–Trinajstić information content (AvgIpc) is 3.27. The number of benzene rings is 2. The lowest BCUT2D eigenvalue weighted by molar-refractivity contribution is -0.116. The quantitative estimate of drug-likeness (QED) is 0.710. The molecule has 1 fully saturated rings. The van der Waals surface area contributed by atoms with E-state index < -0.39 is 0 Å². The van der Waals surface area contributed by atoms with Gasteiger partial charge in [-0.25, -0.2) is 0 Å². The highest BCUT2D eigenvalue weighted by molar-refractivity contribution is 5.92. The van der Waals surface area contributed by atoms with Crippen LogP contribution in [-0.4, -0.2) is 44.7 Å². The predicted molar refractivity (Wildman–Crippen MR) is 112 cm³/mol. The molecule has 28 heavy (non-hydrogen) atoms. The highest BCUT2D eigenvalue weighted by atomic mass is 16.5. The van der Waals surface area contributed by atoms with Gasteiger partial charge in [0, 0.05) is 23.7 Å². The molecule has 1 N–H and O–H groups in total. The van der Waals surface area contributed by atoms with Crippen LogP contribution in [0.4, 0.5) is 0 Å². The van der Waals surface area contributed by atoms with Crippen molar-refractivity contribution in [1.82, 2.24) is 10.2 Å². The van der Waals surface area contributed by atoms with Crippen molar-refractivity contribution in [3.8, 4) is 11.5 Å². The lowest BCUT2D eigenvalue weighted by Crippen LogP contribution is -2.36. The van der Waals surface area contributed by atoms with Crippen molar-refractivity contribution in [2.45, 2.75) is 18.9 Å². The molecule has 1 saturated heterocycles. The Bertz CT molecular complexity index is 813. The van der Waals surface area contributed by atoms with Gasteiger partial charge >= 0.3 is 0 Å². The zero-order valence-electron chi connectivity index (χ0n) is 16.6.